The summed E-state index contributed by atoms with van der Waals surface area (Å²) in [5.74, 6) is -1.53. The predicted molar refractivity (Wildman–Crippen MR) is 103 cm³/mol. The van der Waals surface area contributed by atoms with E-state index >= 15 is 0 Å². The Morgan fingerprint density at radius 2 is 1.03 bits per heavy atom. The van der Waals surface area contributed by atoms with Crippen LogP contribution in [0.25, 0.3) is 0 Å². The number of carbonyl (C=O) groups is 2. The van der Waals surface area contributed by atoms with Crippen LogP contribution in [-0.2, 0) is 42.1 Å². The molecular formula is C20H30O9P+. The highest BCUT2D eigenvalue weighted by atomic mass is 31.1. The summed E-state index contributed by atoms with van der Waals surface area (Å²) in [6.45, 7) is 1.85. The van der Waals surface area contributed by atoms with Gasteiger partial charge in [0.1, 0.15) is 0 Å². The summed E-state index contributed by atoms with van der Waals surface area (Å²) in [6, 6.07) is 0. The number of ether oxygens (including phenoxy) is 4. The third-order valence-electron chi connectivity index (χ3n) is 6.66. The maximum atomic E-state index is 12.3. The number of Topliss-reactive ketones (excluding diaryl/α,β-unsaturated/α-hetero) is 2. The maximum Gasteiger partial charge on any atom is 0.698 e. The first kappa shape index (κ1) is 22.4. The minimum atomic E-state index is -2.51. The Kier molecular flexibility index (Phi) is 7.30. The molecule has 0 aromatic carbocycles. The fourth-order valence-electron chi connectivity index (χ4n) is 4.84. The van der Waals surface area contributed by atoms with Gasteiger partial charge in [0.05, 0.1) is 26.4 Å². The molecule has 30 heavy (non-hydrogen) atoms. The Morgan fingerprint density at radius 1 is 0.700 bits per heavy atom. The molecule has 0 radical (unpaired) electrons. The average Bonchev–Trinajstić information content (AvgIpc) is 3.41. The van der Waals surface area contributed by atoms with Crippen molar-refractivity contribution >= 4 is 19.8 Å². The van der Waals surface area contributed by atoms with Crippen molar-refractivity contribution in [3.05, 3.63) is 0 Å². The van der Waals surface area contributed by atoms with E-state index < -0.39 is 19.8 Å². The number of hydrogen-bond donors (Lipinski definition) is 0. The van der Waals surface area contributed by atoms with Crippen molar-refractivity contribution in [3.8, 4) is 0 Å². The van der Waals surface area contributed by atoms with Gasteiger partial charge < -0.3 is 18.9 Å². The van der Waals surface area contributed by atoms with E-state index in [2.05, 4.69) is 0 Å². The van der Waals surface area contributed by atoms with Crippen LogP contribution in [0.4, 0.5) is 0 Å². The SMILES string of the molecule is O=C(CO[P+](=O)OCC(=O)C1CCC2(CC1)OCCO2)C1CCC2(CC1)OCCO2. The van der Waals surface area contributed by atoms with Crippen LogP contribution in [0.15, 0.2) is 0 Å². The van der Waals surface area contributed by atoms with Crippen molar-refractivity contribution in [1.29, 1.82) is 0 Å². The van der Waals surface area contributed by atoms with Crippen molar-refractivity contribution in [3.63, 3.8) is 0 Å². The molecule has 0 bridgehead atoms. The average molecular weight is 445 g/mol. The van der Waals surface area contributed by atoms with Crippen LogP contribution >= 0.6 is 8.25 Å². The molecule has 4 rings (SSSR count). The smallest absolute Gasteiger partial charge is 0.348 e. The molecular weight excluding hydrogens is 415 g/mol. The lowest BCUT2D eigenvalue weighted by Gasteiger charge is -2.34. The summed E-state index contributed by atoms with van der Waals surface area (Å²) in [5.41, 5.74) is 0. The van der Waals surface area contributed by atoms with E-state index in [1.54, 1.807) is 0 Å². The van der Waals surface area contributed by atoms with Crippen molar-refractivity contribution in [2.75, 3.05) is 39.6 Å². The van der Waals surface area contributed by atoms with Gasteiger partial charge in [-0.2, -0.15) is 0 Å². The van der Waals surface area contributed by atoms with Crippen molar-refractivity contribution in [1.82, 2.24) is 0 Å². The Morgan fingerprint density at radius 3 is 1.37 bits per heavy atom. The van der Waals surface area contributed by atoms with E-state index in [1.807, 2.05) is 0 Å². The van der Waals surface area contributed by atoms with Crippen LogP contribution in [0.3, 0.4) is 0 Å². The Labute approximate surface area is 177 Å². The van der Waals surface area contributed by atoms with Gasteiger partial charge in [-0.25, -0.2) is 0 Å². The fourth-order valence-corrected chi connectivity index (χ4v) is 5.38. The van der Waals surface area contributed by atoms with Gasteiger partial charge in [0, 0.05) is 42.1 Å². The maximum absolute atomic E-state index is 12.3. The lowest BCUT2D eigenvalue weighted by Crippen LogP contribution is -2.37. The second-order valence-electron chi connectivity index (χ2n) is 8.47. The molecule has 2 aliphatic heterocycles. The normalized spacial score (nSPS) is 28.8. The number of ketones is 2. The van der Waals surface area contributed by atoms with Crippen molar-refractivity contribution < 1.29 is 42.1 Å². The molecule has 4 aliphatic rings. The van der Waals surface area contributed by atoms with Gasteiger partial charge in [0.15, 0.2) is 36.4 Å². The molecule has 0 atom stereocenters. The molecule has 10 heteroatoms. The van der Waals surface area contributed by atoms with Crippen LogP contribution in [-0.4, -0.2) is 62.8 Å². The molecule has 4 fully saturated rings. The van der Waals surface area contributed by atoms with E-state index in [1.165, 1.54) is 0 Å². The topological polar surface area (TPSA) is 107 Å². The first-order chi connectivity index (χ1) is 14.5. The molecule has 0 N–H and O–H groups in total. The zero-order valence-electron chi connectivity index (χ0n) is 17.2. The van der Waals surface area contributed by atoms with Crippen molar-refractivity contribution in [2.45, 2.75) is 62.9 Å². The summed E-state index contributed by atoms with van der Waals surface area (Å²) in [6.07, 6.45) is 5.37. The second-order valence-corrected chi connectivity index (χ2v) is 9.43. The van der Waals surface area contributed by atoms with Gasteiger partial charge in [-0.3, -0.25) is 9.59 Å². The summed E-state index contributed by atoms with van der Waals surface area (Å²) >= 11 is 0. The zero-order chi connectivity index (χ0) is 21.0. The molecule has 2 spiro atoms. The summed E-state index contributed by atoms with van der Waals surface area (Å²) < 4.78 is 44.7. The molecule has 2 saturated heterocycles. The van der Waals surface area contributed by atoms with Gasteiger partial charge in [-0.15, -0.1) is 9.05 Å². The highest BCUT2D eigenvalue weighted by molar-refractivity contribution is 7.33. The van der Waals surface area contributed by atoms with Gasteiger partial charge in [0.25, 0.3) is 0 Å². The summed E-state index contributed by atoms with van der Waals surface area (Å²) in [4.78, 5) is 24.7. The Bertz CT molecular complexity index is 581. The molecule has 2 saturated carbocycles. The molecule has 2 heterocycles. The standard InChI is InChI=1S/C20H30O9P/c21-17(15-1-5-19(6-2-15)24-9-10-25-19)13-28-30(23)29-14-18(22)16-3-7-20(8-4-16)26-11-12-27-20/h15-16H,1-14H2/q+1. The quantitative estimate of drug-likeness (QED) is 0.521. The second kappa shape index (κ2) is 9.77. The fraction of sp³-hybridized carbons (Fsp3) is 0.900. The minimum Gasteiger partial charge on any atom is -0.348 e. The Balaban J connectivity index is 1.11. The van der Waals surface area contributed by atoms with Crippen molar-refractivity contribution in [2.24, 2.45) is 11.8 Å². The lowest BCUT2D eigenvalue weighted by molar-refractivity contribution is -0.184. The van der Waals surface area contributed by atoms with Crippen LogP contribution < -0.4 is 0 Å². The first-order valence-corrected chi connectivity index (χ1v) is 11.9. The minimum absolute atomic E-state index is 0.102. The monoisotopic (exact) mass is 445 g/mol. The lowest BCUT2D eigenvalue weighted by atomic mass is 9.83. The number of hydrogen-bond acceptors (Lipinski definition) is 9. The van der Waals surface area contributed by atoms with E-state index in [0.717, 1.165) is 0 Å². The molecule has 0 aromatic rings. The summed E-state index contributed by atoms with van der Waals surface area (Å²) in [7, 11) is -2.51. The van der Waals surface area contributed by atoms with Gasteiger partial charge in [-0.1, -0.05) is 0 Å². The molecule has 168 valence electrons. The zero-order valence-corrected chi connectivity index (χ0v) is 18.1. The van der Waals surface area contributed by atoms with E-state index in [4.69, 9.17) is 28.0 Å². The van der Waals surface area contributed by atoms with Gasteiger partial charge in [0.2, 0.25) is 0 Å². The molecule has 0 amide bonds. The van der Waals surface area contributed by atoms with E-state index in [0.29, 0.717) is 77.8 Å². The highest BCUT2D eigenvalue weighted by Gasteiger charge is 2.43. The number of rotatable bonds is 8. The molecule has 2 aliphatic carbocycles. The van der Waals surface area contributed by atoms with Crippen LogP contribution in [0.1, 0.15) is 51.4 Å². The van der Waals surface area contributed by atoms with Gasteiger partial charge in [-0.05, 0) is 25.7 Å². The molecule has 9 nitrogen and oxygen atoms in total. The van der Waals surface area contributed by atoms with Gasteiger partial charge >= 0.3 is 8.25 Å². The predicted octanol–water partition coefficient (Wildman–Crippen LogP) is 2.68. The largest absolute Gasteiger partial charge is 0.698 e. The highest BCUT2D eigenvalue weighted by Crippen LogP contribution is 2.40. The number of carbonyl (C=O) groups excluding carboxylic acids is 2. The van der Waals surface area contributed by atoms with Crippen LogP contribution in [0.2, 0.25) is 0 Å². The molecule has 0 unspecified atom stereocenters. The Hall–Kier alpha value is -0.800. The summed E-state index contributed by atoms with van der Waals surface area (Å²) in [5, 5.41) is 0. The van der Waals surface area contributed by atoms with Crippen LogP contribution in [0, 0.1) is 11.8 Å². The molecule has 0 aromatic heterocycles. The van der Waals surface area contributed by atoms with Crippen LogP contribution in [0.5, 0.6) is 0 Å². The van der Waals surface area contributed by atoms with E-state index in [-0.39, 0.29) is 36.6 Å². The third-order valence-corrected chi connectivity index (χ3v) is 7.34. The third kappa shape index (κ3) is 5.33. The first-order valence-electron chi connectivity index (χ1n) is 10.8. The van der Waals surface area contributed by atoms with E-state index in [9.17, 15) is 14.2 Å².